The number of aromatic nitrogens is 1. The Kier molecular flexibility index (Phi) is 3.28. The molecular weight excluding hydrogens is 250 g/mol. The maximum absolute atomic E-state index is 2.47. The quantitative estimate of drug-likeness (QED) is 0.662. The summed E-state index contributed by atoms with van der Waals surface area (Å²) < 4.78 is 2.47. The molecule has 3 aromatic rings. The van der Waals surface area contributed by atoms with E-state index in [0.717, 1.165) is 12.3 Å². The summed E-state index contributed by atoms with van der Waals surface area (Å²) in [5.41, 5.74) is 5.40. The first-order valence-corrected chi connectivity index (χ1v) is 8.08. The van der Waals surface area contributed by atoms with Crippen LogP contribution in [-0.4, -0.2) is 16.6 Å². The summed E-state index contributed by atoms with van der Waals surface area (Å²) in [5.74, 6) is 1.15. The van der Waals surface area contributed by atoms with Crippen LogP contribution in [0.4, 0.5) is 0 Å². The number of hydrogen-bond acceptors (Lipinski definition) is 1. The van der Waals surface area contributed by atoms with Crippen LogP contribution in [0.25, 0.3) is 21.8 Å². The highest BCUT2D eigenvalue weighted by molar-refractivity contribution is 7.98. The van der Waals surface area contributed by atoms with Gasteiger partial charge in [0.2, 0.25) is 0 Å². The first kappa shape index (κ1) is 12.6. The molecule has 1 aromatic heterocycles. The van der Waals surface area contributed by atoms with E-state index in [4.69, 9.17) is 0 Å². The lowest BCUT2D eigenvalue weighted by atomic mass is 10.1. The second-order valence-electron chi connectivity index (χ2n) is 5.19. The molecule has 0 atom stereocenters. The third-order valence-corrected chi connectivity index (χ3v) is 4.29. The molecular formula is C17H19NS. The van der Waals surface area contributed by atoms with Gasteiger partial charge in [-0.1, -0.05) is 24.3 Å². The van der Waals surface area contributed by atoms with Gasteiger partial charge in [-0.3, -0.25) is 0 Å². The van der Waals surface area contributed by atoms with Gasteiger partial charge >= 0.3 is 0 Å². The number of aryl methyl sites for hydroxylation is 3. The SMILES string of the molecule is CSCCn1c2cc(C)ccc2c2ccc(C)cc21. The number of rotatable bonds is 3. The molecule has 0 spiro atoms. The molecule has 0 unspecified atom stereocenters. The first-order chi connectivity index (χ1) is 9.20. The van der Waals surface area contributed by atoms with Crippen LogP contribution in [0.2, 0.25) is 0 Å². The molecule has 3 rings (SSSR count). The topological polar surface area (TPSA) is 4.93 Å². The van der Waals surface area contributed by atoms with E-state index in [-0.39, 0.29) is 0 Å². The Morgan fingerprint density at radius 3 is 1.89 bits per heavy atom. The zero-order valence-electron chi connectivity index (χ0n) is 11.7. The molecule has 0 radical (unpaired) electrons. The molecule has 0 N–H and O–H groups in total. The number of hydrogen-bond donors (Lipinski definition) is 0. The Balaban J connectivity index is 2.36. The van der Waals surface area contributed by atoms with Gasteiger partial charge in [0.05, 0.1) is 0 Å². The second-order valence-corrected chi connectivity index (χ2v) is 6.17. The van der Waals surface area contributed by atoms with Gasteiger partial charge in [-0.05, 0) is 43.4 Å². The van der Waals surface area contributed by atoms with Gasteiger partial charge in [0, 0.05) is 34.1 Å². The van der Waals surface area contributed by atoms with Gasteiger partial charge in [0.15, 0.2) is 0 Å². The zero-order valence-corrected chi connectivity index (χ0v) is 12.6. The molecule has 0 amide bonds. The molecule has 1 nitrogen and oxygen atoms in total. The van der Waals surface area contributed by atoms with Crippen molar-refractivity contribution in [1.29, 1.82) is 0 Å². The minimum atomic E-state index is 1.08. The van der Waals surface area contributed by atoms with E-state index in [1.807, 2.05) is 11.8 Å². The van der Waals surface area contributed by atoms with Gasteiger partial charge in [-0.25, -0.2) is 0 Å². The van der Waals surface area contributed by atoms with Crippen molar-refractivity contribution in [3.8, 4) is 0 Å². The fraction of sp³-hybridized carbons (Fsp3) is 0.294. The number of fused-ring (bicyclic) bond motifs is 3. The molecule has 0 bridgehead atoms. The van der Waals surface area contributed by atoms with Gasteiger partial charge in [-0.15, -0.1) is 0 Å². The number of thioether (sulfide) groups is 1. The Bertz CT molecular complexity index is 680. The van der Waals surface area contributed by atoms with Gasteiger partial charge in [-0.2, -0.15) is 11.8 Å². The van der Waals surface area contributed by atoms with E-state index < -0.39 is 0 Å². The maximum Gasteiger partial charge on any atom is 0.0494 e. The molecule has 0 aliphatic carbocycles. The Labute approximate surface area is 118 Å². The van der Waals surface area contributed by atoms with E-state index in [0.29, 0.717) is 0 Å². The highest BCUT2D eigenvalue weighted by Gasteiger charge is 2.10. The Morgan fingerprint density at radius 2 is 1.42 bits per heavy atom. The average Bonchev–Trinajstić information content (AvgIpc) is 2.68. The second kappa shape index (κ2) is 4.93. The highest BCUT2D eigenvalue weighted by Crippen LogP contribution is 2.30. The number of benzene rings is 2. The molecule has 0 aliphatic heterocycles. The minimum Gasteiger partial charge on any atom is -0.340 e. The molecule has 0 aliphatic rings. The summed E-state index contributed by atoms with van der Waals surface area (Å²) in [4.78, 5) is 0. The van der Waals surface area contributed by atoms with Crippen LogP contribution in [0.15, 0.2) is 36.4 Å². The van der Waals surface area contributed by atoms with E-state index >= 15 is 0 Å². The van der Waals surface area contributed by atoms with Gasteiger partial charge in [0.25, 0.3) is 0 Å². The summed E-state index contributed by atoms with van der Waals surface area (Å²) >= 11 is 1.90. The summed E-state index contributed by atoms with van der Waals surface area (Å²) in [6, 6.07) is 13.6. The molecule has 2 aromatic carbocycles. The molecule has 0 saturated heterocycles. The predicted octanol–water partition coefficient (Wildman–Crippen LogP) is 4.77. The molecule has 2 heteroatoms. The maximum atomic E-state index is 2.47. The van der Waals surface area contributed by atoms with Crippen molar-refractivity contribution in [2.45, 2.75) is 20.4 Å². The van der Waals surface area contributed by atoms with Crippen LogP contribution >= 0.6 is 11.8 Å². The normalized spacial score (nSPS) is 11.5. The molecule has 1 heterocycles. The fourth-order valence-electron chi connectivity index (χ4n) is 2.74. The van der Waals surface area contributed by atoms with E-state index in [1.165, 1.54) is 32.9 Å². The van der Waals surface area contributed by atoms with Crippen molar-refractivity contribution in [3.05, 3.63) is 47.5 Å². The summed E-state index contributed by atoms with van der Waals surface area (Å²) in [6.07, 6.45) is 2.17. The van der Waals surface area contributed by atoms with E-state index in [2.05, 4.69) is 61.1 Å². The van der Waals surface area contributed by atoms with Crippen molar-refractivity contribution in [2.75, 3.05) is 12.0 Å². The Hall–Kier alpha value is -1.41. The van der Waals surface area contributed by atoms with Crippen molar-refractivity contribution >= 4 is 33.6 Å². The monoisotopic (exact) mass is 269 g/mol. The number of nitrogens with zero attached hydrogens (tertiary/aromatic N) is 1. The lowest BCUT2D eigenvalue weighted by molar-refractivity contribution is 0.838. The van der Waals surface area contributed by atoms with Gasteiger partial charge < -0.3 is 4.57 Å². The molecule has 19 heavy (non-hydrogen) atoms. The molecule has 0 saturated carbocycles. The van der Waals surface area contributed by atoms with E-state index in [9.17, 15) is 0 Å². The fourth-order valence-corrected chi connectivity index (χ4v) is 3.10. The molecule has 0 fully saturated rings. The minimum absolute atomic E-state index is 1.08. The summed E-state index contributed by atoms with van der Waals surface area (Å²) in [7, 11) is 0. The smallest absolute Gasteiger partial charge is 0.0494 e. The van der Waals surface area contributed by atoms with Gasteiger partial charge in [0.1, 0.15) is 0 Å². The van der Waals surface area contributed by atoms with Crippen LogP contribution in [-0.2, 0) is 6.54 Å². The molecule has 98 valence electrons. The summed E-state index contributed by atoms with van der Waals surface area (Å²) in [5, 5.41) is 2.75. The van der Waals surface area contributed by atoms with Crippen LogP contribution in [0.5, 0.6) is 0 Å². The van der Waals surface area contributed by atoms with Crippen molar-refractivity contribution in [3.63, 3.8) is 0 Å². The average molecular weight is 269 g/mol. The lowest BCUT2D eigenvalue weighted by Gasteiger charge is -2.07. The van der Waals surface area contributed by atoms with Crippen LogP contribution in [0.1, 0.15) is 11.1 Å². The first-order valence-electron chi connectivity index (χ1n) is 6.69. The predicted molar refractivity (Wildman–Crippen MR) is 87.3 cm³/mol. The van der Waals surface area contributed by atoms with Crippen molar-refractivity contribution in [2.24, 2.45) is 0 Å². The zero-order chi connectivity index (χ0) is 13.4. The van der Waals surface area contributed by atoms with Crippen LogP contribution in [0, 0.1) is 13.8 Å². The third kappa shape index (κ3) is 2.14. The van der Waals surface area contributed by atoms with Crippen molar-refractivity contribution in [1.82, 2.24) is 4.57 Å². The summed E-state index contributed by atoms with van der Waals surface area (Å²) in [6.45, 7) is 5.41. The lowest BCUT2D eigenvalue weighted by Crippen LogP contribution is -1.99. The van der Waals surface area contributed by atoms with E-state index in [1.54, 1.807) is 0 Å². The van der Waals surface area contributed by atoms with Crippen molar-refractivity contribution < 1.29 is 0 Å². The Morgan fingerprint density at radius 1 is 0.895 bits per heavy atom. The van der Waals surface area contributed by atoms with Crippen LogP contribution in [0.3, 0.4) is 0 Å². The highest BCUT2D eigenvalue weighted by atomic mass is 32.2. The third-order valence-electron chi connectivity index (χ3n) is 3.70. The standard InChI is InChI=1S/C17H19NS/c1-12-4-6-14-15-7-5-13(2)11-17(15)18(8-9-19-3)16(14)10-12/h4-7,10-11H,8-9H2,1-3H3. The largest absolute Gasteiger partial charge is 0.340 e. The van der Waals surface area contributed by atoms with Crippen LogP contribution < -0.4 is 0 Å².